The summed E-state index contributed by atoms with van der Waals surface area (Å²) in [6, 6.07) is 3.96. The minimum absolute atomic E-state index is 0.0395. The highest BCUT2D eigenvalue weighted by molar-refractivity contribution is 5.93. The van der Waals surface area contributed by atoms with Crippen LogP contribution < -0.4 is 20.1 Å². The first-order valence-electron chi connectivity index (χ1n) is 7.63. The van der Waals surface area contributed by atoms with Crippen LogP contribution in [-0.2, 0) is 9.59 Å². The van der Waals surface area contributed by atoms with Gasteiger partial charge in [-0.05, 0) is 40.0 Å². The molecule has 0 spiro atoms. The average molecular weight is 357 g/mol. The fourth-order valence-corrected chi connectivity index (χ4v) is 2.23. The van der Waals surface area contributed by atoms with Crippen molar-refractivity contribution in [3.05, 3.63) is 18.2 Å². The summed E-state index contributed by atoms with van der Waals surface area (Å²) >= 11 is 0. The van der Waals surface area contributed by atoms with Gasteiger partial charge >= 0.3 is 6.29 Å². The lowest BCUT2D eigenvalue weighted by atomic mass is 10.1. The lowest BCUT2D eigenvalue weighted by Crippen LogP contribution is -2.46. The monoisotopic (exact) mass is 357 g/mol. The minimum Gasteiger partial charge on any atom is -0.395 e. The maximum Gasteiger partial charge on any atom is 0.586 e. The van der Waals surface area contributed by atoms with Crippen molar-refractivity contribution >= 4 is 17.5 Å². The Kier molecular flexibility index (Phi) is 5.17. The molecule has 0 saturated heterocycles. The number of benzene rings is 1. The van der Waals surface area contributed by atoms with Crippen LogP contribution in [0.5, 0.6) is 11.5 Å². The van der Waals surface area contributed by atoms with Gasteiger partial charge in [-0.1, -0.05) is 0 Å². The van der Waals surface area contributed by atoms with E-state index in [4.69, 9.17) is 0 Å². The summed E-state index contributed by atoms with van der Waals surface area (Å²) in [5, 5.41) is 5.35. The zero-order valence-electron chi connectivity index (χ0n) is 14.5. The molecule has 0 saturated carbocycles. The Labute approximate surface area is 144 Å². The molecule has 0 fully saturated rings. The Morgan fingerprint density at radius 3 is 2.36 bits per heavy atom. The number of carbonyl (C=O) groups excluding carboxylic acids is 2. The van der Waals surface area contributed by atoms with Gasteiger partial charge in [-0.2, -0.15) is 0 Å². The van der Waals surface area contributed by atoms with Gasteiger partial charge in [0, 0.05) is 17.3 Å². The molecule has 1 aromatic carbocycles. The van der Waals surface area contributed by atoms with E-state index in [1.807, 2.05) is 20.8 Å². The smallest absolute Gasteiger partial charge is 0.395 e. The fourth-order valence-electron chi connectivity index (χ4n) is 2.23. The lowest BCUT2D eigenvalue weighted by Gasteiger charge is -2.23. The summed E-state index contributed by atoms with van der Waals surface area (Å²) in [6.45, 7) is 5.60. The van der Waals surface area contributed by atoms with Crippen molar-refractivity contribution in [1.82, 2.24) is 10.2 Å². The number of likely N-dealkylation sites (N-methyl/N-ethyl adjacent to an activating group) is 1. The molecule has 25 heavy (non-hydrogen) atoms. The first kappa shape index (κ1) is 18.9. The number of anilines is 1. The molecule has 2 amide bonds. The van der Waals surface area contributed by atoms with Crippen LogP contribution in [-0.4, -0.2) is 48.7 Å². The summed E-state index contributed by atoms with van der Waals surface area (Å²) in [6.07, 6.45) is -3.70. The predicted molar refractivity (Wildman–Crippen MR) is 86.7 cm³/mol. The molecule has 2 N–H and O–H groups in total. The number of amides is 2. The molecular weight excluding hydrogens is 336 g/mol. The number of nitrogens with one attached hydrogen (secondary N) is 2. The molecule has 0 unspecified atom stereocenters. The Morgan fingerprint density at radius 1 is 1.12 bits per heavy atom. The topological polar surface area (TPSA) is 79.9 Å². The van der Waals surface area contributed by atoms with Crippen LogP contribution >= 0.6 is 0 Å². The highest BCUT2D eigenvalue weighted by Crippen LogP contribution is 2.42. The van der Waals surface area contributed by atoms with Crippen molar-refractivity contribution in [3.63, 3.8) is 0 Å². The van der Waals surface area contributed by atoms with Gasteiger partial charge in [-0.15, -0.1) is 8.78 Å². The molecule has 0 aromatic heterocycles. The van der Waals surface area contributed by atoms with Crippen molar-refractivity contribution in [2.45, 2.75) is 32.6 Å². The maximum absolute atomic E-state index is 13.0. The van der Waals surface area contributed by atoms with Crippen LogP contribution in [0.4, 0.5) is 14.5 Å². The van der Waals surface area contributed by atoms with E-state index < -0.39 is 12.2 Å². The Hall–Kier alpha value is -2.42. The molecule has 0 radical (unpaired) electrons. The van der Waals surface area contributed by atoms with Crippen LogP contribution in [0.25, 0.3) is 0 Å². The summed E-state index contributed by atoms with van der Waals surface area (Å²) < 4.78 is 34.5. The Balaban J connectivity index is 1.86. The standard InChI is InChI=1S/C16H21F2N3O4/c1-15(2,3)20-14(23)9-21(4)8-13(22)19-10-5-6-11-12(7-10)25-16(17,18)24-11/h5-7H,8-9H2,1-4H3,(H,19,22)(H,20,23). The first-order chi connectivity index (χ1) is 11.4. The highest BCUT2D eigenvalue weighted by atomic mass is 19.3. The third-order valence-corrected chi connectivity index (χ3v) is 3.03. The Morgan fingerprint density at radius 2 is 1.72 bits per heavy atom. The predicted octanol–water partition coefficient (Wildman–Crippen LogP) is 1.79. The van der Waals surface area contributed by atoms with E-state index in [1.165, 1.54) is 23.1 Å². The van der Waals surface area contributed by atoms with E-state index in [1.54, 1.807) is 7.05 Å². The molecule has 0 bridgehead atoms. The number of hydrogen-bond acceptors (Lipinski definition) is 5. The Bertz CT molecular complexity index is 674. The summed E-state index contributed by atoms with van der Waals surface area (Å²) in [7, 11) is 1.63. The van der Waals surface area contributed by atoms with Gasteiger partial charge in [0.05, 0.1) is 13.1 Å². The van der Waals surface area contributed by atoms with Gasteiger partial charge in [-0.3, -0.25) is 14.5 Å². The molecule has 1 aliphatic rings. The van der Waals surface area contributed by atoms with E-state index in [-0.39, 0.29) is 41.7 Å². The van der Waals surface area contributed by atoms with Crippen LogP contribution in [0.2, 0.25) is 0 Å². The van der Waals surface area contributed by atoms with Crippen molar-refractivity contribution in [3.8, 4) is 11.5 Å². The third-order valence-electron chi connectivity index (χ3n) is 3.03. The summed E-state index contributed by atoms with van der Waals surface area (Å²) in [4.78, 5) is 25.4. The zero-order chi connectivity index (χ0) is 18.8. The number of ether oxygens (including phenoxy) is 2. The van der Waals surface area contributed by atoms with Gasteiger partial charge in [0.25, 0.3) is 0 Å². The van der Waals surface area contributed by atoms with Crippen LogP contribution in [0.15, 0.2) is 18.2 Å². The molecule has 1 aliphatic heterocycles. The molecule has 138 valence electrons. The number of fused-ring (bicyclic) bond motifs is 1. The van der Waals surface area contributed by atoms with Crippen LogP contribution in [0.1, 0.15) is 20.8 Å². The highest BCUT2D eigenvalue weighted by Gasteiger charge is 2.43. The molecule has 0 aliphatic carbocycles. The molecule has 1 heterocycles. The van der Waals surface area contributed by atoms with Gasteiger partial charge < -0.3 is 20.1 Å². The van der Waals surface area contributed by atoms with Gasteiger partial charge in [-0.25, -0.2) is 0 Å². The SMILES string of the molecule is CN(CC(=O)Nc1ccc2c(c1)OC(F)(F)O2)CC(=O)NC(C)(C)C. The van der Waals surface area contributed by atoms with E-state index in [0.717, 1.165) is 0 Å². The number of carbonyl (C=O) groups is 2. The second-order valence-corrected chi connectivity index (χ2v) is 6.85. The third kappa shape index (κ3) is 5.86. The summed E-state index contributed by atoms with van der Waals surface area (Å²) in [5.74, 6) is -0.843. The lowest BCUT2D eigenvalue weighted by molar-refractivity contribution is -0.286. The number of nitrogens with zero attached hydrogens (tertiary/aromatic N) is 1. The van der Waals surface area contributed by atoms with Crippen molar-refractivity contribution in [2.75, 3.05) is 25.5 Å². The van der Waals surface area contributed by atoms with Crippen molar-refractivity contribution < 1.29 is 27.8 Å². The average Bonchev–Trinajstić information content (AvgIpc) is 2.68. The second kappa shape index (κ2) is 6.83. The van der Waals surface area contributed by atoms with E-state index in [0.29, 0.717) is 0 Å². The molecule has 0 atom stereocenters. The normalized spacial score (nSPS) is 15.2. The second-order valence-electron chi connectivity index (χ2n) is 6.85. The number of halogens is 2. The maximum atomic E-state index is 13.0. The minimum atomic E-state index is -3.70. The van der Waals surface area contributed by atoms with Crippen LogP contribution in [0.3, 0.4) is 0 Å². The molecule has 2 rings (SSSR count). The summed E-state index contributed by atoms with van der Waals surface area (Å²) in [5.41, 5.74) is -0.0630. The van der Waals surface area contributed by atoms with Crippen molar-refractivity contribution in [2.24, 2.45) is 0 Å². The number of rotatable bonds is 5. The quantitative estimate of drug-likeness (QED) is 0.840. The largest absolute Gasteiger partial charge is 0.586 e. The molecule has 7 nitrogen and oxygen atoms in total. The fraction of sp³-hybridized carbons (Fsp3) is 0.500. The van der Waals surface area contributed by atoms with Gasteiger partial charge in [0.2, 0.25) is 11.8 Å². The van der Waals surface area contributed by atoms with Crippen LogP contribution in [0, 0.1) is 0 Å². The van der Waals surface area contributed by atoms with Gasteiger partial charge in [0.15, 0.2) is 11.5 Å². The molecule has 1 aromatic rings. The zero-order valence-corrected chi connectivity index (χ0v) is 14.5. The van der Waals surface area contributed by atoms with E-state index in [9.17, 15) is 18.4 Å². The van der Waals surface area contributed by atoms with Gasteiger partial charge in [0.1, 0.15) is 0 Å². The van der Waals surface area contributed by atoms with E-state index in [2.05, 4.69) is 20.1 Å². The number of hydrogen-bond donors (Lipinski definition) is 2. The molecule has 9 heteroatoms. The first-order valence-corrected chi connectivity index (χ1v) is 7.63. The van der Waals surface area contributed by atoms with E-state index >= 15 is 0 Å². The molecular formula is C16H21F2N3O4. The van der Waals surface area contributed by atoms with Crippen molar-refractivity contribution in [1.29, 1.82) is 0 Å². The number of alkyl halides is 2.